The topological polar surface area (TPSA) is 46.6 Å². The Morgan fingerprint density at radius 2 is 2.00 bits per heavy atom. The van der Waals surface area contributed by atoms with Gasteiger partial charge in [0.25, 0.3) is 5.91 Å². The average Bonchev–Trinajstić information content (AvgIpc) is 2.53. The number of imide groups is 1. The lowest BCUT2D eigenvalue weighted by atomic mass is 10.2. The molecule has 0 spiro atoms. The Kier molecular flexibility index (Phi) is 3.26. The minimum atomic E-state index is -0.344. The van der Waals surface area contributed by atoms with Crippen LogP contribution in [0.15, 0.2) is 30.3 Å². The van der Waals surface area contributed by atoms with Crippen LogP contribution in [0, 0.1) is 0 Å². The summed E-state index contributed by atoms with van der Waals surface area (Å²) < 4.78 is 0. The molecule has 1 aliphatic heterocycles. The van der Waals surface area contributed by atoms with Crippen molar-refractivity contribution in [2.24, 2.45) is 0 Å². The van der Waals surface area contributed by atoms with Gasteiger partial charge < -0.3 is 0 Å². The Bertz CT molecular complexity index is 407. The lowest BCUT2D eigenvalue weighted by Crippen LogP contribution is -2.30. The Labute approximate surface area is 97.5 Å². The summed E-state index contributed by atoms with van der Waals surface area (Å²) in [6, 6.07) is 9.41. The average molecular weight is 237 g/mol. The molecule has 16 heavy (non-hydrogen) atoms. The Morgan fingerprint density at radius 3 is 2.56 bits per heavy atom. The van der Waals surface area contributed by atoms with Crippen molar-refractivity contribution in [3.05, 3.63) is 35.9 Å². The molecule has 0 saturated carbocycles. The van der Waals surface area contributed by atoms with Crippen LogP contribution in [0.5, 0.6) is 0 Å². The van der Waals surface area contributed by atoms with E-state index in [9.17, 15) is 9.59 Å². The molecule has 0 aromatic heterocycles. The highest BCUT2D eigenvalue weighted by Gasteiger charge is 2.37. The predicted octanol–water partition coefficient (Wildman–Crippen LogP) is 2.20. The largest absolute Gasteiger partial charge is 0.313 e. The maximum atomic E-state index is 11.5. The summed E-state index contributed by atoms with van der Waals surface area (Å²) in [5.41, 5.74) is 0.924. The third-order valence-corrected chi connectivity index (χ3v) is 3.12. The van der Waals surface area contributed by atoms with Crippen LogP contribution in [0.1, 0.15) is 12.5 Å². The number of nitrogens with zero attached hydrogens (tertiary/aromatic N) is 1. The van der Waals surface area contributed by atoms with Crippen LogP contribution in [0.2, 0.25) is 0 Å². The molecule has 1 aromatic carbocycles. The zero-order valence-corrected chi connectivity index (χ0v) is 9.57. The quantitative estimate of drug-likeness (QED) is 0.808. The van der Waals surface area contributed by atoms with Gasteiger partial charge in [0.05, 0.1) is 5.25 Å². The number of hydroxylamine groups is 2. The molecule has 1 aromatic rings. The highest BCUT2D eigenvalue weighted by molar-refractivity contribution is 8.15. The van der Waals surface area contributed by atoms with Gasteiger partial charge >= 0.3 is 5.24 Å². The minimum Gasteiger partial charge on any atom is -0.271 e. The van der Waals surface area contributed by atoms with Crippen LogP contribution in [0.4, 0.5) is 4.79 Å². The van der Waals surface area contributed by atoms with Crippen molar-refractivity contribution in [2.75, 3.05) is 0 Å². The van der Waals surface area contributed by atoms with Crippen molar-refractivity contribution in [1.82, 2.24) is 5.06 Å². The molecule has 2 rings (SSSR count). The third-order valence-electron chi connectivity index (χ3n) is 2.19. The number of hydrogen-bond donors (Lipinski definition) is 0. The second kappa shape index (κ2) is 4.67. The fourth-order valence-corrected chi connectivity index (χ4v) is 2.07. The number of carbonyl (C=O) groups excluding carboxylic acids is 2. The van der Waals surface area contributed by atoms with Crippen molar-refractivity contribution >= 4 is 22.9 Å². The summed E-state index contributed by atoms with van der Waals surface area (Å²) in [7, 11) is 0. The van der Waals surface area contributed by atoms with Crippen LogP contribution < -0.4 is 0 Å². The smallest absolute Gasteiger partial charge is 0.271 e. The van der Waals surface area contributed by atoms with Gasteiger partial charge in [-0.25, -0.2) is 0 Å². The number of rotatable bonds is 3. The molecule has 5 heteroatoms. The van der Waals surface area contributed by atoms with Crippen molar-refractivity contribution in [3.8, 4) is 0 Å². The number of thioether (sulfide) groups is 1. The van der Waals surface area contributed by atoms with Gasteiger partial charge in [0.2, 0.25) is 0 Å². The van der Waals surface area contributed by atoms with Gasteiger partial charge in [0.1, 0.15) is 6.61 Å². The lowest BCUT2D eigenvalue weighted by Gasteiger charge is -2.12. The molecule has 0 aliphatic carbocycles. The molecule has 1 heterocycles. The Morgan fingerprint density at radius 1 is 1.31 bits per heavy atom. The zero-order valence-electron chi connectivity index (χ0n) is 8.75. The fourth-order valence-electron chi connectivity index (χ4n) is 1.33. The normalized spacial score (nSPS) is 20.6. The predicted molar refractivity (Wildman–Crippen MR) is 60.5 cm³/mol. The molecule has 0 radical (unpaired) electrons. The van der Waals surface area contributed by atoms with Gasteiger partial charge in [0, 0.05) is 0 Å². The summed E-state index contributed by atoms with van der Waals surface area (Å²) in [6.07, 6.45) is 0. The Hall–Kier alpha value is -1.33. The van der Waals surface area contributed by atoms with E-state index in [1.54, 1.807) is 6.92 Å². The maximum Gasteiger partial charge on any atom is 0.313 e. The summed E-state index contributed by atoms with van der Waals surface area (Å²) in [6.45, 7) is 1.92. The van der Waals surface area contributed by atoms with Gasteiger partial charge in [-0.3, -0.25) is 14.4 Å². The monoisotopic (exact) mass is 237 g/mol. The van der Waals surface area contributed by atoms with Crippen LogP contribution >= 0.6 is 11.8 Å². The molecule has 1 aliphatic rings. The van der Waals surface area contributed by atoms with Gasteiger partial charge in [-0.15, -0.1) is 5.06 Å². The van der Waals surface area contributed by atoms with Crippen molar-refractivity contribution in [3.63, 3.8) is 0 Å². The standard InChI is InChI=1S/C11H11NO3S/c1-8-10(13)12(11(14)16-8)15-7-9-5-3-2-4-6-9/h2-6,8H,7H2,1H3. The zero-order chi connectivity index (χ0) is 11.5. The molecule has 4 nitrogen and oxygen atoms in total. The molecule has 2 amide bonds. The Balaban J connectivity index is 1.96. The molecule has 84 valence electrons. The van der Waals surface area contributed by atoms with Crippen molar-refractivity contribution in [1.29, 1.82) is 0 Å². The number of carbonyl (C=O) groups is 2. The first-order valence-corrected chi connectivity index (χ1v) is 5.78. The van der Waals surface area contributed by atoms with E-state index in [0.717, 1.165) is 22.4 Å². The van der Waals surface area contributed by atoms with Gasteiger partial charge in [-0.1, -0.05) is 30.3 Å². The van der Waals surface area contributed by atoms with Gasteiger partial charge in [0.15, 0.2) is 0 Å². The first-order chi connectivity index (χ1) is 7.68. The van der Waals surface area contributed by atoms with E-state index in [0.29, 0.717) is 0 Å². The summed E-state index contributed by atoms with van der Waals surface area (Å²) in [5.74, 6) is -0.286. The van der Waals surface area contributed by atoms with E-state index >= 15 is 0 Å². The highest BCUT2D eigenvalue weighted by Crippen LogP contribution is 2.26. The van der Waals surface area contributed by atoms with E-state index in [1.165, 1.54) is 0 Å². The highest BCUT2D eigenvalue weighted by atomic mass is 32.2. The van der Waals surface area contributed by atoms with Crippen LogP contribution in [-0.2, 0) is 16.2 Å². The van der Waals surface area contributed by atoms with E-state index in [1.807, 2.05) is 30.3 Å². The molecule has 1 atom stereocenters. The molecular weight excluding hydrogens is 226 g/mol. The summed E-state index contributed by atoms with van der Waals surface area (Å²) in [5, 5.41) is 0.166. The van der Waals surface area contributed by atoms with E-state index in [-0.39, 0.29) is 23.0 Å². The van der Waals surface area contributed by atoms with Crippen LogP contribution in [0.25, 0.3) is 0 Å². The van der Waals surface area contributed by atoms with Crippen molar-refractivity contribution < 1.29 is 14.4 Å². The second-order valence-corrected chi connectivity index (χ2v) is 4.71. The molecule has 1 saturated heterocycles. The fraction of sp³-hybridized carbons (Fsp3) is 0.273. The molecule has 1 unspecified atom stereocenters. The SMILES string of the molecule is CC1SC(=O)N(OCc2ccccc2)C1=O. The number of hydrogen-bond acceptors (Lipinski definition) is 4. The maximum absolute atomic E-state index is 11.5. The third kappa shape index (κ3) is 2.25. The van der Waals surface area contributed by atoms with Crippen LogP contribution in [0.3, 0.4) is 0 Å². The van der Waals surface area contributed by atoms with Gasteiger partial charge in [-0.2, -0.15) is 0 Å². The van der Waals surface area contributed by atoms with E-state index in [2.05, 4.69) is 0 Å². The van der Waals surface area contributed by atoms with Crippen LogP contribution in [-0.4, -0.2) is 21.5 Å². The second-order valence-electron chi connectivity index (χ2n) is 3.42. The first-order valence-electron chi connectivity index (χ1n) is 4.90. The number of amides is 2. The van der Waals surface area contributed by atoms with Crippen molar-refractivity contribution in [2.45, 2.75) is 18.8 Å². The van der Waals surface area contributed by atoms with E-state index < -0.39 is 0 Å². The summed E-state index contributed by atoms with van der Waals surface area (Å²) >= 11 is 0.984. The first kappa shape index (κ1) is 11.2. The lowest BCUT2D eigenvalue weighted by molar-refractivity contribution is -0.166. The number of benzene rings is 1. The molecular formula is C11H11NO3S. The minimum absolute atomic E-state index is 0.228. The molecule has 0 N–H and O–H groups in total. The molecule has 0 bridgehead atoms. The van der Waals surface area contributed by atoms with Gasteiger partial charge in [-0.05, 0) is 24.2 Å². The molecule has 1 fully saturated rings. The summed E-state index contributed by atoms with van der Waals surface area (Å²) in [4.78, 5) is 28.1. The van der Waals surface area contributed by atoms with E-state index in [4.69, 9.17) is 4.84 Å².